The molecule has 3 atom stereocenters. The molecule has 44 heavy (non-hydrogen) atoms. The van der Waals surface area contributed by atoms with Gasteiger partial charge in [-0.05, 0) is 67.3 Å². The van der Waals surface area contributed by atoms with Gasteiger partial charge in [-0.1, -0.05) is 41.9 Å². The number of Topliss-reactive ketones (excluding diaryl/α,β-unsaturated/α-hetero) is 1. The maximum atomic E-state index is 16.5. The van der Waals surface area contributed by atoms with Crippen LogP contribution in [0.15, 0.2) is 78.1 Å². The second kappa shape index (κ2) is 12.7. The number of fused-ring (bicyclic) bond motifs is 2. The Labute approximate surface area is 265 Å². The Balaban J connectivity index is 1.54. The van der Waals surface area contributed by atoms with Crippen molar-refractivity contribution in [1.29, 1.82) is 0 Å². The van der Waals surface area contributed by atoms with E-state index in [1.165, 1.54) is 42.2 Å². The van der Waals surface area contributed by atoms with Gasteiger partial charge in [-0.25, -0.2) is 4.39 Å². The van der Waals surface area contributed by atoms with Crippen molar-refractivity contribution in [3.05, 3.63) is 94.3 Å². The Hall–Kier alpha value is -3.79. The normalized spacial score (nSPS) is 23.1. The zero-order valence-corrected chi connectivity index (χ0v) is 25.8. The number of esters is 1. The number of likely N-dealkylation sites (tertiary alicyclic amines) is 1. The Morgan fingerprint density at radius 3 is 2.55 bits per heavy atom. The van der Waals surface area contributed by atoms with E-state index >= 15 is 4.39 Å². The van der Waals surface area contributed by atoms with Crippen LogP contribution in [-0.4, -0.2) is 55.2 Å². The second-order valence-electron chi connectivity index (χ2n) is 11.3. The summed E-state index contributed by atoms with van der Waals surface area (Å²) < 4.78 is 21.3. The highest BCUT2D eigenvalue weighted by Gasteiger charge is 2.66. The summed E-state index contributed by atoms with van der Waals surface area (Å²) in [5.41, 5.74) is 0.354. The minimum absolute atomic E-state index is 0.145. The highest BCUT2D eigenvalue weighted by atomic mass is 35.5. The molecule has 3 aliphatic rings. The van der Waals surface area contributed by atoms with Crippen LogP contribution >= 0.6 is 23.2 Å². The van der Waals surface area contributed by atoms with Gasteiger partial charge in [-0.3, -0.25) is 24.1 Å². The number of nitrogens with one attached hydrogen (secondary N) is 1. The first kappa shape index (κ1) is 31.6. The van der Waals surface area contributed by atoms with Crippen molar-refractivity contribution in [2.24, 2.45) is 17.8 Å². The molecule has 1 aliphatic carbocycles. The maximum absolute atomic E-state index is 16.5. The van der Waals surface area contributed by atoms with Crippen molar-refractivity contribution >= 4 is 58.1 Å². The second-order valence-corrected chi connectivity index (χ2v) is 12.3. The van der Waals surface area contributed by atoms with Gasteiger partial charge >= 0.3 is 5.97 Å². The van der Waals surface area contributed by atoms with E-state index < -0.39 is 47.6 Å². The Kier molecular flexibility index (Phi) is 9.11. The molecule has 2 fully saturated rings. The summed E-state index contributed by atoms with van der Waals surface area (Å²) in [5.74, 6) is -4.18. The SMILES string of the molecule is C=C(Cl)/C=C\C=C(/F)C1[C@H](C(=O)N(C)c2ccc(C(=O)COC(C)=O)cc2)CN(CC2CC2)[C@@]12C(=O)Nc1cc(Cl)ccc12. The molecule has 0 radical (unpaired) electrons. The summed E-state index contributed by atoms with van der Waals surface area (Å²) in [5, 5.41) is 3.53. The largest absolute Gasteiger partial charge is 0.457 e. The van der Waals surface area contributed by atoms with Crippen LogP contribution in [0.3, 0.4) is 0 Å². The number of carbonyl (C=O) groups excluding carboxylic acids is 4. The smallest absolute Gasteiger partial charge is 0.303 e. The van der Waals surface area contributed by atoms with Crippen molar-refractivity contribution < 1.29 is 28.3 Å². The predicted molar refractivity (Wildman–Crippen MR) is 167 cm³/mol. The lowest BCUT2D eigenvalue weighted by atomic mass is 9.74. The van der Waals surface area contributed by atoms with E-state index in [4.69, 9.17) is 27.9 Å². The zero-order valence-electron chi connectivity index (χ0n) is 24.3. The quantitative estimate of drug-likeness (QED) is 0.194. The molecule has 0 bridgehead atoms. The summed E-state index contributed by atoms with van der Waals surface area (Å²) in [6.07, 6.45) is 6.05. The van der Waals surface area contributed by atoms with E-state index in [0.717, 1.165) is 12.8 Å². The first-order chi connectivity index (χ1) is 20.9. The molecule has 1 spiro atoms. The van der Waals surface area contributed by atoms with Gasteiger partial charge in [0.1, 0.15) is 11.4 Å². The Bertz CT molecular complexity index is 1590. The number of benzene rings is 2. The lowest BCUT2D eigenvalue weighted by molar-refractivity contribution is -0.139. The fraction of sp³-hybridized carbons (Fsp3) is 0.333. The van der Waals surface area contributed by atoms with Gasteiger partial charge in [-0.2, -0.15) is 0 Å². The molecular formula is C33H32Cl2FN3O5. The molecule has 1 unspecified atom stereocenters. The van der Waals surface area contributed by atoms with Gasteiger partial charge in [0.05, 0.1) is 11.8 Å². The van der Waals surface area contributed by atoms with E-state index in [0.29, 0.717) is 40.0 Å². The lowest BCUT2D eigenvalue weighted by Gasteiger charge is -2.37. The monoisotopic (exact) mass is 639 g/mol. The minimum Gasteiger partial charge on any atom is -0.457 e. The van der Waals surface area contributed by atoms with Crippen LogP contribution in [0.2, 0.25) is 5.02 Å². The molecule has 2 aromatic carbocycles. The molecule has 1 N–H and O–H groups in total. The molecule has 1 saturated carbocycles. The summed E-state index contributed by atoms with van der Waals surface area (Å²) >= 11 is 12.1. The first-order valence-electron chi connectivity index (χ1n) is 14.2. The molecule has 2 aliphatic heterocycles. The topological polar surface area (TPSA) is 96.0 Å². The van der Waals surface area contributed by atoms with Gasteiger partial charge in [0.2, 0.25) is 11.8 Å². The molecule has 2 heterocycles. The molecule has 230 valence electrons. The maximum Gasteiger partial charge on any atom is 0.303 e. The minimum atomic E-state index is -1.48. The van der Waals surface area contributed by atoms with Crippen molar-refractivity contribution in [2.45, 2.75) is 25.3 Å². The molecule has 1 saturated heterocycles. The lowest BCUT2D eigenvalue weighted by Crippen LogP contribution is -2.52. The number of carbonyl (C=O) groups is 4. The Morgan fingerprint density at radius 2 is 1.91 bits per heavy atom. The number of halogens is 3. The third-order valence-electron chi connectivity index (χ3n) is 8.39. The number of allylic oxidation sites excluding steroid dienone is 4. The van der Waals surface area contributed by atoms with Crippen molar-refractivity contribution in [3.8, 4) is 0 Å². The summed E-state index contributed by atoms with van der Waals surface area (Å²) in [7, 11) is 1.58. The number of hydrogen-bond acceptors (Lipinski definition) is 6. The molecule has 8 nitrogen and oxygen atoms in total. The van der Waals surface area contributed by atoms with Crippen LogP contribution in [0.5, 0.6) is 0 Å². The van der Waals surface area contributed by atoms with Crippen LogP contribution in [0.1, 0.15) is 35.7 Å². The average Bonchev–Trinajstić information content (AvgIpc) is 3.67. The third-order valence-corrected chi connectivity index (χ3v) is 8.75. The van der Waals surface area contributed by atoms with Crippen LogP contribution < -0.4 is 10.2 Å². The van der Waals surface area contributed by atoms with Crippen LogP contribution in [0.25, 0.3) is 0 Å². The molecule has 0 aromatic heterocycles. The number of ether oxygens (including phenoxy) is 1. The molecule has 2 amide bonds. The van der Waals surface area contributed by atoms with Crippen LogP contribution in [0.4, 0.5) is 15.8 Å². The van der Waals surface area contributed by atoms with Gasteiger partial charge < -0.3 is 15.0 Å². The van der Waals surface area contributed by atoms with E-state index in [-0.39, 0.29) is 17.4 Å². The van der Waals surface area contributed by atoms with Gasteiger partial charge in [-0.15, -0.1) is 0 Å². The standard InChI is InChI=1S/C33H32Cl2FN3O5/c1-19(34)5-4-6-27(36)30-25(31(42)38(3)24-12-9-22(10-13-24)29(41)18-44-20(2)40)17-39(16-21-7-8-21)33(30)26-14-11-23(35)15-28(26)37-32(33)43/h4-6,9-15,21,25,30H,1,7-8,16-18H2,2-3H3,(H,37,43)/b5-4-,27-6-/t25-,30?,33-/m1/s1. The first-order valence-corrected chi connectivity index (χ1v) is 15.0. The molecular weight excluding hydrogens is 608 g/mol. The summed E-state index contributed by atoms with van der Waals surface area (Å²) in [6.45, 7) is 5.09. The van der Waals surface area contributed by atoms with Crippen LogP contribution in [0, 0.1) is 17.8 Å². The number of nitrogens with zero attached hydrogens (tertiary/aromatic N) is 2. The number of hydrogen-bond donors (Lipinski definition) is 1. The fourth-order valence-corrected chi connectivity index (χ4v) is 6.42. The van der Waals surface area contributed by atoms with E-state index in [1.807, 2.05) is 4.90 Å². The Morgan fingerprint density at radius 1 is 1.20 bits per heavy atom. The molecule has 2 aromatic rings. The van der Waals surface area contributed by atoms with Crippen molar-refractivity contribution in [3.63, 3.8) is 0 Å². The van der Waals surface area contributed by atoms with Gasteiger partial charge in [0.25, 0.3) is 0 Å². The fourth-order valence-electron chi connectivity index (χ4n) is 6.18. The number of ketones is 1. The molecule has 11 heteroatoms. The van der Waals surface area contributed by atoms with Crippen molar-refractivity contribution in [1.82, 2.24) is 4.90 Å². The predicted octanol–water partition coefficient (Wildman–Crippen LogP) is 6.02. The highest BCUT2D eigenvalue weighted by Crippen LogP contribution is 2.57. The summed E-state index contributed by atoms with van der Waals surface area (Å²) in [6, 6.07) is 11.3. The number of amides is 2. The number of rotatable bonds is 10. The zero-order chi connectivity index (χ0) is 31.8. The van der Waals surface area contributed by atoms with Crippen molar-refractivity contribution in [2.75, 3.05) is 37.0 Å². The molecule has 5 rings (SSSR count). The van der Waals surface area contributed by atoms with Gasteiger partial charge in [0, 0.05) is 59.6 Å². The third kappa shape index (κ3) is 6.09. The number of anilines is 2. The van der Waals surface area contributed by atoms with E-state index in [1.54, 1.807) is 37.4 Å². The average molecular weight is 641 g/mol. The summed E-state index contributed by atoms with van der Waals surface area (Å²) in [4.78, 5) is 55.1. The van der Waals surface area contributed by atoms with E-state index in [2.05, 4.69) is 11.9 Å². The van der Waals surface area contributed by atoms with Gasteiger partial charge in [0.15, 0.2) is 12.4 Å². The van der Waals surface area contributed by atoms with Crippen LogP contribution in [-0.2, 0) is 24.7 Å². The highest BCUT2D eigenvalue weighted by molar-refractivity contribution is 6.31. The van der Waals surface area contributed by atoms with E-state index in [9.17, 15) is 19.2 Å².